The molecule has 27 heavy (non-hydrogen) atoms. The molecule has 0 aromatic carbocycles. The van der Waals surface area contributed by atoms with Crippen LogP contribution in [0.4, 0.5) is 5.82 Å². The van der Waals surface area contributed by atoms with Gasteiger partial charge in [-0.15, -0.1) is 11.3 Å². The highest BCUT2D eigenvalue weighted by Crippen LogP contribution is 2.26. The highest BCUT2D eigenvalue weighted by Gasteiger charge is 2.17. The summed E-state index contributed by atoms with van der Waals surface area (Å²) in [5.41, 5.74) is 3.24. The zero-order valence-corrected chi connectivity index (χ0v) is 15.8. The largest absolute Gasteiger partial charge is 0.339 e. The van der Waals surface area contributed by atoms with Gasteiger partial charge in [0.25, 0.3) is 0 Å². The lowest BCUT2D eigenvalue weighted by Gasteiger charge is -2.18. The van der Waals surface area contributed by atoms with Gasteiger partial charge in [0.05, 0.1) is 0 Å². The molecule has 1 N–H and O–H groups in total. The molecule has 138 valence electrons. The first-order valence-corrected chi connectivity index (χ1v) is 10.1. The molecular weight excluding hydrogens is 358 g/mol. The van der Waals surface area contributed by atoms with E-state index in [9.17, 15) is 9.59 Å². The SMILES string of the molecule is O=C1CCc2cc(/C=C/C(=O)N3CCC=C(c4cccs4)CC3)cnc2N1. The average molecular weight is 379 g/mol. The summed E-state index contributed by atoms with van der Waals surface area (Å²) >= 11 is 1.75. The van der Waals surface area contributed by atoms with Gasteiger partial charge >= 0.3 is 0 Å². The van der Waals surface area contributed by atoms with Crippen molar-refractivity contribution in [3.63, 3.8) is 0 Å². The lowest BCUT2D eigenvalue weighted by atomic mass is 10.0. The maximum Gasteiger partial charge on any atom is 0.246 e. The standard InChI is InChI=1S/C21H21N3O2S/c25-19-7-6-17-13-15(14-22-21(17)23-19)5-8-20(26)24-10-1-3-16(9-11-24)18-4-2-12-27-18/h2-5,8,12-14H,1,6-7,9-11H2,(H,22,23,25)/b8-5+. The van der Waals surface area contributed by atoms with E-state index in [0.29, 0.717) is 18.7 Å². The molecule has 0 aliphatic carbocycles. The van der Waals surface area contributed by atoms with Crippen molar-refractivity contribution in [2.75, 3.05) is 18.4 Å². The van der Waals surface area contributed by atoms with Crippen molar-refractivity contribution in [2.24, 2.45) is 0 Å². The molecule has 4 heterocycles. The normalized spacial score (nSPS) is 17.3. The van der Waals surface area contributed by atoms with Gasteiger partial charge in [0, 0.05) is 36.7 Å². The Kier molecular flexibility index (Phi) is 5.16. The Morgan fingerprint density at radius 3 is 3.04 bits per heavy atom. The smallest absolute Gasteiger partial charge is 0.246 e. The van der Waals surface area contributed by atoms with Gasteiger partial charge in [0.2, 0.25) is 11.8 Å². The molecule has 0 saturated carbocycles. The summed E-state index contributed by atoms with van der Waals surface area (Å²) in [6, 6.07) is 6.19. The number of anilines is 1. The monoisotopic (exact) mass is 379 g/mol. The Balaban J connectivity index is 1.38. The topological polar surface area (TPSA) is 62.3 Å². The predicted octanol–water partition coefficient (Wildman–Crippen LogP) is 3.75. The molecule has 0 spiro atoms. The van der Waals surface area contributed by atoms with Crippen LogP contribution in [0.2, 0.25) is 0 Å². The van der Waals surface area contributed by atoms with Crippen LogP contribution >= 0.6 is 11.3 Å². The van der Waals surface area contributed by atoms with Crippen molar-refractivity contribution in [1.82, 2.24) is 9.88 Å². The van der Waals surface area contributed by atoms with Crippen molar-refractivity contribution in [1.29, 1.82) is 0 Å². The van der Waals surface area contributed by atoms with Crippen LogP contribution in [0.3, 0.4) is 0 Å². The third-order valence-electron chi connectivity index (χ3n) is 4.88. The second-order valence-electron chi connectivity index (χ2n) is 6.73. The van der Waals surface area contributed by atoms with Gasteiger partial charge in [-0.25, -0.2) is 4.98 Å². The quantitative estimate of drug-likeness (QED) is 0.826. The van der Waals surface area contributed by atoms with Crippen molar-refractivity contribution < 1.29 is 9.59 Å². The van der Waals surface area contributed by atoms with Crippen molar-refractivity contribution in [3.05, 3.63) is 57.9 Å². The molecule has 5 nitrogen and oxygen atoms in total. The molecule has 2 aromatic rings. The highest BCUT2D eigenvalue weighted by atomic mass is 32.1. The fourth-order valence-electron chi connectivity index (χ4n) is 3.41. The van der Waals surface area contributed by atoms with E-state index in [4.69, 9.17) is 0 Å². The minimum Gasteiger partial charge on any atom is -0.339 e. The van der Waals surface area contributed by atoms with Gasteiger partial charge in [0.15, 0.2) is 0 Å². The first-order chi connectivity index (χ1) is 13.2. The second kappa shape index (κ2) is 7.88. The number of carbonyl (C=O) groups is 2. The van der Waals surface area contributed by atoms with Gasteiger partial charge < -0.3 is 10.2 Å². The Bertz CT molecular complexity index is 916. The first kappa shape index (κ1) is 17.7. The summed E-state index contributed by atoms with van der Waals surface area (Å²) in [5, 5.41) is 4.86. The highest BCUT2D eigenvalue weighted by molar-refractivity contribution is 7.11. The van der Waals surface area contributed by atoms with Gasteiger partial charge in [-0.1, -0.05) is 12.1 Å². The third-order valence-corrected chi connectivity index (χ3v) is 5.82. The molecule has 0 unspecified atom stereocenters. The minimum atomic E-state index is 0.00478. The van der Waals surface area contributed by atoms with E-state index < -0.39 is 0 Å². The van der Waals surface area contributed by atoms with Crippen LogP contribution in [0.1, 0.15) is 35.3 Å². The fraction of sp³-hybridized carbons (Fsp3) is 0.286. The van der Waals surface area contributed by atoms with E-state index >= 15 is 0 Å². The lowest BCUT2D eigenvalue weighted by molar-refractivity contribution is -0.125. The number of fused-ring (bicyclic) bond motifs is 1. The number of aryl methyl sites for hydroxylation is 1. The van der Waals surface area contributed by atoms with Gasteiger partial charge in [0.1, 0.15) is 5.82 Å². The first-order valence-electron chi connectivity index (χ1n) is 9.18. The van der Waals surface area contributed by atoms with Crippen LogP contribution in [0, 0.1) is 0 Å². The maximum atomic E-state index is 12.6. The summed E-state index contributed by atoms with van der Waals surface area (Å²) in [7, 11) is 0. The molecule has 4 rings (SSSR count). The van der Waals surface area contributed by atoms with E-state index in [1.165, 1.54) is 10.5 Å². The zero-order valence-electron chi connectivity index (χ0n) is 15.0. The molecule has 2 aromatic heterocycles. The average Bonchev–Trinajstić information content (AvgIpc) is 3.10. The van der Waals surface area contributed by atoms with Gasteiger partial charge in [-0.3, -0.25) is 9.59 Å². The molecule has 2 amide bonds. The number of thiophene rings is 1. The zero-order chi connectivity index (χ0) is 18.6. The number of hydrogen-bond acceptors (Lipinski definition) is 4. The van der Waals surface area contributed by atoms with Crippen molar-refractivity contribution >= 4 is 40.6 Å². The fourth-order valence-corrected chi connectivity index (χ4v) is 4.21. The molecule has 0 saturated heterocycles. The minimum absolute atomic E-state index is 0.00478. The van der Waals surface area contributed by atoms with Crippen LogP contribution in [0.25, 0.3) is 11.6 Å². The molecule has 0 bridgehead atoms. The summed E-state index contributed by atoms with van der Waals surface area (Å²) < 4.78 is 0. The van der Waals surface area contributed by atoms with Gasteiger partial charge in [-0.05, 0) is 59.6 Å². The Morgan fingerprint density at radius 1 is 1.26 bits per heavy atom. The summed E-state index contributed by atoms with van der Waals surface area (Å²) in [6.45, 7) is 1.48. The molecule has 2 aliphatic rings. The summed E-state index contributed by atoms with van der Waals surface area (Å²) in [5.74, 6) is 0.668. The van der Waals surface area contributed by atoms with Crippen LogP contribution < -0.4 is 5.32 Å². The number of nitrogens with one attached hydrogen (secondary N) is 1. The van der Waals surface area contributed by atoms with Crippen LogP contribution in [-0.4, -0.2) is 34.8 Å². The molecule has 0 atom stereocenters. The van der Waals surface area contributed by atoms with Crippen molar-refractivity contribution in [3.8, 4) is 0 Å². The number of rotatable bonds is 3. The molecule has 0 fully saturated rings. The van der Waals surface area contributed by atoms with E-state index in [1.54, 1.807) is 23.6 Å². The van der Waals surface area contributed by atoms with Crippen LogP contribution in [0.5, 0.6) is 0 Å². The lowest BCUT2D eigenvalue weighted by Crippen LogP contribution is -2.30. The van der Waals surface area contributed by atoms with Crippen LogP contribution in [-0.2, 0) is 16.0 Å². The van der Waals surface area contributed by atoms with E-state index in [2.05, 4.69) is 33.9 Å². The third kappa shape index (κ3) is 4.17. The Labute approximate surface area is 162 Å². The number of pyridine rings is 1. The number of nitrogens with zero attached hydrogens (tertiary/aromatic N) is 2. The molecule has 2 aliphatic heterocycles. The van der Waals surface area contributed by atoms with E-state index in [1.807, 2.05) is 17.0 Å². The number of carbonyl (C=O) groups excluding carboxylic acids is 2. The van der Waals surface area contributed by atoms with Gasteiger partial charge in [-0.2, -0.15) is 0 Å². The second-order valence-corrected chi connectivity index (χ2v) is 7.68. The Morgan fingerprint density at radius 2 is 2.19 bits per heavy atom. The summed E-state index contributed by atoms with van der Waals surface area (Å²) in [6.07, 6.45) is 10.3. The van der Waals surface area contributed by atoms with E-state index in [-0.39, 0.29) is 11.8 Å². The predicted molar refractivity (Wildman–Crippen MR) is 108 cm³/mol. The maximum absolute atomic E-state index is 12.6. The molecular formula is C21H21N3O2S. The van der Waals surface area contributed by atoms with Crippen LogP contribution in [0.15, 0.2) is 41.9 Å². The summed E-state index contributed by atoms with van der Waals surface area (Å²) in [4.78, 5) is 31.5. The number of hydrogen-bond donors (Lipinski definition) is 1. The van der Waals surface area contributed by atoms with Crippen molar-refractivity contribution in [2.45, 2.75) is 25.7 Å². The number of amides is 2. The molecule has 0 radical (unpaired) electrons. The van der Waals surface area contributed by atoms with E-state index in [0.717, 1.165) is 37.1 Å². The Hall–Kier alpha value is -2.73. The number of aromatic nitrogens is 1. The molecule has 6 heteroatoms.